The molecule has 0 N–H and O–H groups in total. The number of imidazole rings is 1. The first kappa shape index (κ1) is 18.8. The Bertz CT molecular complexity index is 900. The van der Waals surface area contributed by atoms with Crippen LogP contribution in [0.25, 0.3) is 11.0 Å². The predicted octanol–water partition coefficient (Wildman–Crippen LogP) is 4.50. The number of hydrogen-bond donors (Lipinski definition) is 0. The Kier molecular flexibility index (Phi) is 6.12. The second kappa shape index (κ2) is 9.11. The first-order valence-electron chi connectivity index (χ1n) is 10.3. The highest BCUT2D eigenvalue weighted by atomic mass is 16.5. The Labute approximate surface area is 166 Å². The molecule has 5 nitrogen and oxygen atoms in total. The van der Waals surface area contributed by atoms with Crippen molar-refractivity contribution < 1.29 is 9.47 Å². The third kappa shape index (κ3) is 4.47. The van der Waals surface area contributed by atoms with Gasteiger partial charge >= 0.3 is 0 Å². The van der Waals surface area contributed by atoms with Crippen molar-refractivity contribution in [3.8, 4) is 11.5 Å². The summed E-state index contributed by atoms with van der Waals surface area (Å²) < 4.78 is 13.5. The molecule has 0 spiro atoms. The minimum Gasteiger partial charge on any atom is -0.497 e. The topological polar surface area (TPSA) is 39.5 Å². The predicted molar refractivity (Wildman–Crippen MR) is 112 cm³/mol. The minimum atomic E-state index is 0.710. The summed E-state index contributed by atoms with van der Waals surface area (Å²) >= 11 is 0. The summed E-state index contributed by atoms with van der Waals surface area (Å²) in [5.41, 5.74) is 2.34. The molecule has 0 saturated carbocycles. The molecule has 0 unspecified atom stereocenters. The van der Waals surface area contributed by atoms with Crippen molar-refractivity contribution in [2.75, 3.05) is 26.8 Å². The molecule has 1 aliphatic rings. The second-order valence-electron chi connectivity index (χ2n) is 7.39. The maximum Gasteiger partial charge on any atom is 0.124 e. The molecule has 148 valence electrons. The van der Waals surface area contributed by atoms with Crippen LogP contribution in [0.15, 0.2) is 48.5 Å². The highest BCUT2D eigenvalue weighted by Crippen LogP contribution is 2.21. The standard InChI is InChI=1S/C23H29N3O2/c1-27-19-9-8-10-20(17-19)28-16-7-6-15-26-22-12-3-2-11-21(22)24-23(26)18-25-13-4-5-14-25/h2-3,8-12,17H,4-7,13-16,18H2,1H3. The first-order valence-corrected chi connectivity index (χ1v) is 10.3. The van der Waals surface area contributed by atoms with Crippen molar-refractivity contribution in [3.63, 3.8) is 0 Å². The van der Waals surface area contributed by atoms with Gasteiger partial charge in [0.05, 0.1) is 31.3 Å². The largest absolute Gasteiger partial charge is 0.497 e. The lowest BCUT2D eigenvalue weighted by molar-refractivity contribution is 0.297. The van der Waals surface area contributed by atoms with Crippen LogP contribution in [0.3, 0.4) is 0 Å². The molecule has 2 heterocycles. The van der Waals surface area contributed by atoms with E-state index in [0.717, 1.165) is 42.9 Å². The van der Waals surface area contributed by atoms with Crippen LogP contribution in [0.2, 0.25) is 0 Å². The Morgan fingerprint density at radius 1 is 0.964 bits per heavy atom. The lowest BCUT2D eigenvalue weighted by Gasteiger charge is -2.16. The molecule has 0 aliphatic carbocycles. The molecule has 0 radical (unpaired) electrons. The van der Waals surface area contributed by atoms with Gasteiger partial charge in [-0.15, -0.1) is 0 Å². The van der Waals surface area contributed by atoms with Crippen molar-refractivity contribution in [1.82, 2.24) is 14.5 Å². The van der Waals surface area contributed by atoms with E-state index in [4.69, 9.17) is 14.5 Å². The zero-order valence-corrected chi connectivity index (χ0v) is 16.6. The van der Waals surface area contributed by atoms with Crippen LogP contribution in [0, 0.1) is 0 Å². The summed E-state index contributed by atoms with van der Waals surface area (Å²) in [5, 5.41) is 0. The number of likely N-dealkylation sites (tertiary alicyclic amines) is 1. The van der Waals surface area contributed by atoms with Crippen LogP contribution in [0.1, 0.15) is 31.5 Å². The lowest BCUT2D eigenvalue weighted by Crippen LogP contribution is -2.21. The van der Waals surface area contributed by atoms with Crippen molar-refractivity contribution in [2.45, 2.75) is 38.8 Å². The van der Waals surface area contributed by atoms with Gasteiger partial charge in [-0.3, -0.25) is 4.90 Å². The molecule has 0 amide bonds. The van der Waals surface area contributed by atoms with E-state index in [0.29, 0.717) is 6.61 Å². The van der Waals surface area contributed by atoms with Gasteiger partial charge < -0.3 is 14.0 Å². The number of benzene rings is 2. The lowest BCUT2D eigenvalue weighted by atomic mass is 10.3. The zero-order valence-electron chi connectivity index (χ0n) is 16.6. The summed E-state index contributed by atoms with van der Waals surface area (Å²) in [6, 6.07) is 16.3. The van der Waals surface area contributed by atoms with Gasteiger partial charge in [0, 0.05) is 12.6 Å². The van der Waals surface area contributed by atoms with Crippen LogP contribution in [0.4, 0.5) is 0 Å². The fraction of sp³-hybridized carbons (Fsp3) is 0.435. The normalized spacial score (nSPS) is 14.6. The molecule has 1 aliphatic heterocycles. The summed E-state index contributed by atoms with van der Waals surface area (Å²) in [5.74, 6) is 2.88. The molecule has 5 heteroatoms. The number of ether oxygens (including phenoxy) is 2. The maximum absolute atomic E-state index is 5.88. The van der Waals surface area contributed by atoms with Gasteiger partial charge in [-0.25, -0.2) is 4.98 Å². The number of unbranched alkanes of at least 4 members (excludes halogenated alkanes) is 1. The molecule has 28 heavy (non-hydrogen) atoms. The van der Waals surface area contributed by atoms with E-state index in [1.165, 1.54) is 37.3 Å². The summed E-state index contributed by atoms with van der Waals surface area (Å²) in [4.78, 5) is 7.44. The number of hydrogen-bond acceptors (Lipinski definition) is 4. The van der Waals surface area contributed by atoms with E-state index in [2.05, 4.69) is 33.7 Å². The van der Waals surface area contributed by atoms with Crippen molar-refractivity contribution >= 4 is 11.0 Å². The fourth-order valence-corrected chi connectivity index (χ4v) is 3.89. The van der Waals surface area contributed by atoms with Gasteiger partial charge in [0.15, 0.2) is 0 Å². The number of aromatic nitrogens is 2. The van der Waals surface area contributed by atoms with Crippen LogP contribution in [0.5, 0.6) is 11.5 Å². The summed E-state index contributed by atoms with van der Waals surface area (Å²) in [7, 11) is 1.67. The number of methoxy groups -OCH3 is 1. The van der Waals surface area contributed by atoms with Crippen LogP contribution in [-0.4, -0.2) is 41.3 Å². The third-order valence-electron chi connectivity index (χ3n) is 5.38. The van der Waals surface area contributed by atoms with E-state index < -0.39 is 0 Å². The monoisotopic (exact) mass is 379 g/mol. The van der Waals surface area contributed by atoms with Gasteiger partial charge in [-0.05, 0) is 63.0 Å². The van der Waals surface area contributed by atoms with Crippen LogP contribution >= 0.6 is 0 Å². The van der Waals surface area contributed by atoms with E-state index in [9.17, 15) is 0 Å². The van der Waals surface area contributed by atoms with Crippen molar-refractivity contribution in [2.24, 2.45) is 0 Å². The Morgan fingerprint density at radius 2 is 1.79 bits per heavy atom. The molecular weight excluding hydrogens is 350 g/mol. The van der Waals surface area contributed by atoms with Gasteiger partial charge in [0.1, 0.15) is 17.3 Å². The van der Waals surface area contributed by atoms with Crippen molar-refractivity contribution in [3.05, 3.63) is 54.4 Å². The maximum atomic E-state index is 5.88. The molecule has 2 aromatic carbocycles. The van der Waals surface area contributed by atoms with Gasteiger partial charge in [-0.2, -0.15) is 0 Å². The Balaban J connectivity index is 1.35. The average molecular weight is 380 g/mol. The number of fused-ring (bicyclic) bond motifs is 1. The van der Waals surface area contributed by atoms with E-state index >= 15 is 0 Å². The number of aryl methyl sites for hydroxylation is 1. The van der Waals surface area contributed by atoms with E-state index in [1.54, 1.807) is 7.11 Å². The van der Waals surface area contributed by atoms with Gasteiger partial charge in [0.2, 0.25) is 0 Å². The molecule has 1 fully saturated rings. The molecular formula is C23H29N3O2. The number of nitrogens with zero attached hydrogens (tertiary/aromatic N) is 3. The SMILES string of the molecule is COc1cccc(OCCCCn2c(CN3CCCC3)nc3ccccc32)c1. The Morgan fingerprint density at radius 3 is 2.64 bits per heavy atom. The molecule has 3 aromatic rings. The average Bonchev–Trinajstić information content (AvgIpc) is 3.36. The second-order valence-corrected chi connectivity index (χ2v) is 7.39. The zero-order chi connectivity index (χ0) is 19.2. The van der Waals surface area contributed by atoms with Gasteiger partial charge in [-0.1, -0.05) is 18.2 Å². The highest BCUT2D eigenvalue weighted by molar-refractivity contribution is 5.75. The quantitative estimate of drug-likeness (QED) is 0.513. The van der Waals surface area contributed by atoms with Crippen molar-refractivity contribution in [1.29, 1.82) is 0 Å². The Hall–Kier alpha value is -2.53. The van der Waals surface area contributed by atoms with Gasteiger partial charge in [0.25, 0.3) is 0 Å². The highest BCUT2D eigenvalue weighted by Gasteiger charge is 2.17. The summed E-state index contributed by atoms with van der Waals surface area (Å²) in [6.07, 6.45) is 4.69. The third-order valence-corrected chi connectivity index (χ3v) is 5.38. The number of rotatable bonds is 9. The van der Waals surface area contributed by atoms with E-state index in [-0.39, 0.29) is 0 Å². The molecule has 1 aromatic heterocycles. The smallest absolute Gasteiger partial charge is 0.124 e. The number of para-hydroxylation sites is 2. The molecule has 0 bridgehead atoms. The molecule has 1 saturated heterocycles. The van der Waals surface area contributed by atoms with Crippen LogP contribution < -0.4 is 9.47 Å². The van der Waals surface area contributed by atoms with Crippen LogP contribution in [-0.2, 0) is 13.1 Å². The first-order chi connectivity index (χ1) is 13.8. The van der Waals surface area contributed by atoms with E-state index in [1.807, 2.05) is 24.3 Å². The fourth-order valence-electron chi connectivity index (χ4n) is 3.89. The molecule has 4 rings (SSSR count). The summed E-state index contributed by atoms with van der Waals surface area (Å²) in [6.45, 7) is 5.02. The molecule has 0 atom stereocenters. The minimum absolute atomic E-state index is 0.710.